The Labute approximate surface area is 116 Å². The molecule has 2 rings (SSSR count). The van der Waals surface area contributed by atoms with E-state index in [0.717, 1.165) is 37.6 Å². The van der Waals surface area contributed by atoms with Crippen molar-refractivity contribution in [1.82, 2.24) is 10.2 Å². The highest BCUT2D eigenvalue weighted by atomic mass is 16.5. The smallest absolute Gasteiger partial charge is 0.122 e. The first-order valence-electron chi connectivity index (χ1n) is 7.08. The molecule has 1 heterocycles. The van der Waals surface area contributed by atoms with Crippen LogP contribution in [-0.4, -0.2) is 50.8 Å². The van der Waals surface area contributed by atoms with Gasteiger partial charge in [-0.25, -0.2) is 0 Å². The van der Waals surface area contributed by atoms with Crippen LogP contribution in [0.2, 0.25) is 0 Å². The first-order chi connectivity index (χ1) is 9.19. The summed E-state index contributed by atoms with van der Waals surface area (Å²) < 4.78 is 5.55. The van der Waals surface area contributed by atoms with Crippen LogP contribution in [0.5, 0.6) is 5.75 Å². The highest BCUT2D eigenvalue weighted by Gasteiger charge is 2.15. The molecule has 0 spiro atoms. The van der Waals surface area contributed by atoms with Crippen LogP contribution in [0.15, 0.2) is 18.2 Å². The molecule has 1 aliphatic rings. The van der Waals surface area contributed by atoms with E-state index in [4.69, 9.17) is 4.74 Å². The first kappa shape index (κ1) is 14.2. The number of ether oxygens (including phenoxy) is 1. The van der Waals surface area contributed by atoms with Gasteiger partial charge in [-0.2, -0.15) is 0 Å². The van der Waals surface area contributed by atoms with E-state index < -0.39 is 0 Å². The number of piperazine rings is 1. The van der Waals surface area contributed by atoms with Crippen molar-refractivity contribution >= 4 is 5.69 Å². The molecule has 2 N–H and O–H groups in total. The molecule has 1 aromatic rings. The molecule has 1 fully saturated rings. The Hall–Kier alpha value is -1.26. The summed E-state index contributed by atoms with van der Waals surface area (Å²) in [6.45, 7) is 9.08. The third kappa shape index (κ3) is 4.11. The summed E-state index contributed by atoms with van der Waals surface area (Å²) in [4.78, 5) is 2.37. The first-order valence-corrected chi connectivity index (χ1v) is 7.08. The molecule has 4 heteroatoms. The maximum Gasteiger partial charge on any atom is 0.122 e. The van der Waals surface area contributed by atoms with E-state index in [-0.39, 0.29) is 0 Å². The zero-order chi connectivity index (χ0) is 13.7. The maximum atomic E-state index is 5.55. The van der Waals surface area contributed by atoms with Gasteiger partial charge < -0.3 is 20.3 Å². The van der Waals surface area contributed by atoms with Crippen molar-refractivity contribution in [3.05, 3.63) is 23.8 Å². The summed E-state index contributed by atoms with van der Waals surface area (Å²) in [5.74, 6) is 0.976. The number of aryl methyl sites for hydroxylation is 1. The Balaban J connectivity index is 1.87. The number of anilines is 1. The third-order valence-electron chi connectivity index (χ3n) is 3.49. The fourth-order valence-electron chi connectivity index (χ4n) is 2.45. The maximum absolute atomic E-state index is 5.55. The van der Waals surface area contributed by atoms with Crippen molar-refractivity contribution < 1.29 is 4.74 Å². The lowest BCUT2D eigenvalue weighted by molar-refractivity contribution is 0.244. The molecule has 1 saturated heterocycles. The molecule has 0 saturated carbocycles. The molecule has 1 aromatic carbocycles. The second kappa shape index (κ2) is 6.78. The predicted octanol–water partition coefficient (Wildman–Crippen LogP) is 1.71. The standard InChI is InChI=1S/C15H25N3O/c1-4-19-15-6-5-13(9-12(15)2)17-10-14-11-18(3)8-7-16-14/h5-6,9,14,16-17H,4,7-8,10-11H2,1-3H3. The Morgan fingerprint density at radius 1 is 1.47 bits per heavy atom. The second-order valence-corrected chi connectivity index (χ2v) is 5.21. The van der Waals surface area contributed by atoms with E-state index in [1.165, 1.54) is 5.56 Å². The quantitative estimate of drug-likeness (QED) is 0.848. The molecule has 0 aromatic heterocycles. The number of nitrogens with one attached hydrogen (secondary N) is 2. The van der Waals surface area contributed by atoms with Crippen molar-refractivity contribution in [2.24, 2.45) is 0 Å². The monoisotopic (exact) mass is 263 g/mol. The molecule has 0 radical (unpaired) electrons. The Bertz CT molecular complexity index is 408. The van der Waals surface area contributed by atoms with Gasteiger partial charge in [0.2, 0.25) is 0 Å². The van der Waals surface area contributed by atoms with Crippen molar-refractivity contribution in [2.75, 3.05) is 45.2 Å². The lowest BCUT2D eigenvalue weighted by atomic mass is 10.1. The number of benzene rings is 1. The second-order valence-electron chi connectivity index (χ2n) is 5.21. The summed E-state index contributed by atoms with van der Waals surface area (Å²) in [7, 11) is 2.18. The van der Waals surface area contributed by atoms with E-state index in [2.05, 4.69) is 41.6 Å². The summed E-state index contributed by atoms with van der Waals surface area (Å²) in [6.07, 6.45) is 0. The van der Waals surface area contributed by atoms with Crippen LogP contribution in [0, 0.1) is 6.92 Å². The molecular formula is C15H25N3O. The molecule has 4 nitrogen and oxygen atoms in total. The Morgan fingerprint density at radius 2 is 2.32 bits per heavy atom. The fourth-order valence-corrected chi connectivity index (χ4v) is 2.45. The number of hydrogen-bond acceptors (Lipinski definition) is 4. The average Bonchev–Trinajstić information content (AvgIpc) is 2.39. The number of hydrogen-bond donors (Lipinski definition) is 2. The van der Waals surface area contributed by atoms with E-state index in [0.29, 0.717) is 12.6 Å². The van der Waals surface area contributed by atoms with Crippen LogP contribution in [0.4, 0.5) is 5.69 Å². The van der Waals surface area contributed by atoms with Gasteiger partial charge in [-0.3, -0.25) is 0 Å². The number of nitrogens with zero attached hydrogens (tertiary/aromatic N) is 1. The minimum atomic E-state index is 0.519. The number of rotatable bonds is 5. The topological polar surface area (TPSA) is 36.5 Å². The van der Waals surface area contributed by atoms with Gasteiger partial charge in [0.1, 0.15) is 5.75 Å². The lowest BCUT2D eigenvalue weighted by Crippen LogP contribution is -2.51. The van der Waals surface area contributed by atoms with E-state index in [9.17, 15) is 0 Å². The molecule has 0 aliphatic carbocycles. The highest BCUT2D eigenvalue weighted by Crippen LogP contribution is 2.21. The van der Waals surface area contributed by atoms with Crippen molar-refractivity contribution in [3.63, 3.8) is 0 Å². The fraction of sp³-hybridized carbons (Fsp3) is 0.600. The molecule has 1 unspecified atom stereocenters. The summed E-state index contributed by atoms with van der Waals surface area (Å²) in [5, 5.41) is 7.04. The van der Waals surface area contributed by atoms with Gasteiger partial charge in [-0.1, -0.05) is 0 Å². The SMILES string of the molecule is CCOc1ccc(NCC2CN(C)CCN2)cc1C. The van der Waals surface area contributed by atoms with Gasteiger partial charge >= 0.3 is 0 Å². The third-order valence-corrected chi connectivity index (χ3v) is 3.49. The zero-order valence-corrected chi connectivity index (χ0v) is 12.2. The number of likely N-dealkylation sites (N-methyl/N-ethyl adjacent to an activating group) is 1. The summed E-state index contributed by atoms with van der Waals surface area (Å²) in [5.41, 5.74) is 2.34. The highest BCUT2D eigenvalue weighted by molar-refractivity contribution is 5.50. The minimum absolute atomic E-state index is 0.519. The molecule has 0 amide bonds. The molecule has 0 bridgehead atoms. The average molecular weight is 263 g/mol. The Morgan fingerprint density at radius 3 is 3.00 bits per heavy atom. The van der Waals surface area contributed by atoms with Crippen LogP contribution in [0.25, 0.3) is 0 Å². The molecule has 1 atom stereocenters. The van der Waals surface area contributed by atoms with Gasteiger partial charge in [0, 0.05) is 37.9 Å². The van der Waals surface area contributed by atoms with Crippen LogP contribution < -0.4 is 15.4 Å². The molecule has 1 aliphatic heterocycles. The van der Waals surface area contributed by atoms with Gasteiger partial charge in [0.05, 0.1) is 6.61 Å². The Kier molecular flexibility index (Phi) is 5.05. The lowest BCUT2D eigenvalue weighted by Gasteiger charge is -2.31. The summed E-state index contributed by atoms with van der Waals surface area (Å²) >= 11 is 0. The van der Waals surface area contributed by atoms with Crippen LogP contribution in [0.3, 0.4) is 0 Å². The van der Waals surface area contributed by atoms with Crippen LogP contribution in [0.1, 0.15) is 12.5 Å². The molecule has 19 heavy (non-hydrogen) atoms. The van der Waals surface area contributed by atoms with E-state index in [1.807, 2.05) is 13.0 Å². The summed E-state index contributed by atoms with van der Waals surface area (Å²) in [6, 6.07) is 6.80. The van der Waals surface area contributed by atoms with E-state index in [1.54, 1.807) is 0 Å². The minimum Gasteiger partial charge on any atom is -0.494 e. The zero-order valence-electron chi connectivity index (χ0n) is 12.2. The van der Waals surface area contributed by atoms with E-state index >= 15 is 0 Å². The van der Waals surface area contributed by atoms with Gasteiger partial charge in [-0.05, 0) is 44.7 Å². The van der Waals surface area contributed by atoms with Crippen molar-refractivity contribution in [2.45, 2.75) is 19.9 Å². The molecule has 106 valence electrons. The van der Waals surface area contributed by atoms with Gasteiger partial charge in [0.15, 0.2) is 0 Å². The van der Waals surface area contributed by atoms with Crippen molar-refractivity contribution in [1.29, 1.82) is 0 Å². The largest absolute Gasteiger partial charge is 0.494 e. The van der Waals surface area contributed by atoms with Gasteiger partial charge in [-0.15, -0.1) is 0 Å². The van der Waals surface area contributed by atoms with Crippen LogP contribution >= 0.6 is 0 Å². The van der Waals surface area contributed by atoms with Crippen molar-refractivity contribution in [3.8, 4) is 5.75 Å². The predicted molar refractivity (Wildman–Crippen MR) is 80.1 cm³/mol. The van der Waals surface area contributed by atoms with Gasteiger partial charge in [0.25, 0.3) is 0 Å². The normalized spacial score (nSPS) is 20.3. The molecular weight excluding hydrogens is 238 g/mol. The van der Waals surface area contributed by atoms with Crippen LogP contribution in [-0.2, 0) is 0 Å².